The molecule has 2 heterocycles. The normalized spacial score (nSPS) is 16.6. The number of aromatic amines is 1. The van der Waals surface area contributed by atoms with Crippen molar-refractivity contribution in [3.05, 3.63) is 28.1 Å². The van der Waals surface area contributed by atoms with Gasteiger partial charge in [-0.1, -0.05) is 0 Å². The molecule has 6 nitrogen and oxygen atoms in total. The van der Waals surface area contributed by atoms with E-state index >= 15 is 0 Å². The van der Waals surface area contributed by atoms with Crippen molar-refractivity contribution in [2.24, 2.45) is 5.10 Å². The van der Waals surface area contributed by atoms with Crippen molar-refractivity contribution >= 4 is 17.9 Å². The van der Waals surface area contributed by atoms with E-state index < -0.39 is 0 Å². The van der Waals surface area contributed by atoms with E-state index in [0.29, 0.717) is 18.1 Å². The molecule has 0 fully saturated rings. The summed E-state index contributed by atoms with van der Waals surface area (Å²) in [4.78, 5) is 17.3. The summed E-state index contributed by atoms with van der Waals surface area (Å²) in [5.41, 5.74) is 7.31. The monoisotopic (exact) mass is 290 g/mol. The SMILES string of the molecule is CCOC1=NNC(=O)C1=Cc1[nH]c(C)c(CN(C)C)c1C. The van der Waals surface area contributed by atoms with Crippen LogP contribution in [0.2, 0.25) is 0 Å². The van der Waals surface area contributed by atoms with Crippen LogP contribution in [0.15, 0.2) is 10.7 Å². The number of aryl methyl sites for hydroxylation is 1. The highest BCUT2D eigenvalue weighted by atomic mass is 16.5. The Morgan fingerprint density at radius 3 is 2.67 bits per heavy atom. The molecule has 2 rings (SSSR count). The van der Waals surface area contributed by atoms with Crippen molar-refractivity contribution < 1.29 is 9.53 Å². The average Bonchev–Trinajstić information content (AvgIpc) is 2.87. The van der Waals surface area contributed by atoms with Crippen LogP contribution in [0.5, 0.6) is 0 Å². The molecule has 0 atom stereocenters. The molecule has 1 aliphatic rings. The Morgan fingerprint density at radius 2 is 2.05 bits per heavy atom. The number of nitrogens with one attached hydrogen (secondary N) is 2. The maximum atomic E-state index is 11.8. The highest BCUT2D eigenvalue weighted by Crippen LogP contribution is 2.22. The van der Waals surface area contributed by atoms with Crippen LogP contribution in [0.3, 0.4) is 0 Å². The third-order valence-corrected chi connectivity index (χ3v) is 3.41. The molecule has 0 aromatic carbocycles. The highest BCUT2D eigenvalue weighted by molar-refractivity contribution is 6.24. The van der Waals surface area contributed by atoms with Crippen LogP contribution in [0.4, 0.5) is 0 Å². The molecular weight excluding hydrogens is 268 g/mol. The van der Waals surface area contributed by atoms with Crippen molar-refractivity contribution in [1.82, 2.24) is 15.3 Å². The first kappa shape index (κ1) is 15.3. The summed E-state index contributed by atoms with van der Waals surface area (Å²) in [5.74, 6) is 0.113. The van der Waals surface area contributed by atoms with Gasteiger partial charge in [0.2, 0.25) is 5.90 Å². The lowest BCUT2D eigenvalue weighted by atomic mass is 10.1. The number of carbonyl (C=O) groups excluding carboxylic acids is 1. The van der Waals surface area contributed by atoms with E-state index in [4.69, 9.17) is 4.74 Å². The fourth-order valence-electron chi connectivity index (χ4n) is 2.35. The lowest BCUT2D eigenvalue weighted by molar-refractivity contribution is -0.116. The van der Waals surface area contributed by atoms with Crippen molar-refractivity contribution in [3.8, 4) is 0 Å². The van der Waals surface area contributed by atoms with Crippen LogP contribution >= 0.6 is 0 Å². The van der Waals surface area contributed by atoms with Gasteiger partial charge in [-0.15, -0.1) is 5.10 Å². The van der Waals surface area contributed by atoms with E-state index in [1.807, 2.05) is 27.9 Å². The summed E-state index contributed by atoms with van der Waals surface area (Å²) in [6.07, 6.45) is 1.80. The average molecular weight is 290 g/mol. The van der Waals surface area contributed by atoms with Crippen LogP contribution in [0.1, 0.15) is 29.4 Å². The molecule has 0 saturated heterocycles. The Balaban J connectivity index is 2.36. The van der Waals surface area contributed by atoms with Gasteiger partial charge in [0, 0.05) is 17.9 Å². The van der Waals surface area contributed by atoms with Crippen LogP contribution in [0, 0.1) is 13.8 Å². The zero-order valence-electron chi connectivity index (χ0n) is 13.2. The van der Waals surface area contributed by atoms with E-state index in [2.05, 4.69) is 27.3 Å². The molecular formula is C15H22N4O2. The van der Waals surface area contributed by atoms with E-state index in [0.717, 1.165) is 23.5 Å². The number of hydrogen-bond acceptors (Lipinski definition) is 4. The Kier molecular flexibility index (Phi) is 4.47. The number of carbonyl (C=O) groups is 1. The van der Waals surface area contributed by atoms with Crippen LogP contribution < -0.4 is 5.43 Å². The number of amides is 1. The molecule has 1 aliphatic heterocycles. The Labute approximate surface area is 124 Å². The van der Waals surface area contributed by atoms with Gasteiger partial charge in [0.1, 0.15) is 5.57 Å². The van der Waals surface area contributed by atoms with Crippen molar-refractivity contribution in [2.75, 3.05) is 20.7 Å². The van der Waals surface area contributed by atoms with Crippen LogP contribution in [-0.2, 0) is 16.1 Å². The Bertz CT molecular complexity index is 611. The molecule has 0 aliphatic carbocycles. The zero-order chi connectivity index (χ0) is 15.6. The second-order valence-corrected chi connectivity index (χ2v) is 5.35. The molecule has 6 heteroatoms. The quantitative estimate of drug-likeness (QED) is 0.827. The molecule has 2 N–H and O–H groups in total. The van der Waals surface area contributed by atoms with Gasteiger partial charge < -0.3 is 14.6 Å². The molecule has 0 bridgehead atoms. The van der Waals surface area contributed by atoms with Gasteiger partial charge in [0.25, 0.3) is 5.91 Å². The maximum absolute atomic E-state index is 11.8. The first-order valence-corrected chi connectivity index (χ1v) is 6.99. The van der Waals surface area contributed by atoms with Gasteiger partial charge in [0.15, 0.2) is 0 Å². The van der Waals surface area contributed by atoms with Gasteiger partial charge >= 0.3 is 0 Å². The first-order chi connectivity index (χ1) is 9.93. The van der Waals surface area contributed by atoms with Crippen LogP contribution in [0.25, 0.3) is 6.08 Å². The lowest BCUT2D eigenvalue weighted by Crippen LogP contribution is -2.14. The standard InChI is InChI=1S/C15H22N4O2/c1-6-21-15-11(14(20)17-18-15)7-13-9(2)12(8-19(4)5)10(3)16-13/h7,16H,6,8H2,1-5H3,(H,17,20). The highest BCUT2D eigenvalue weighted by Gasteiger charge is 2.25. The largest absolute Gasteiger partial charge is 0.476 e. The second kappa shape index (κ2) is 6.13. The summed E-state index contributed by atoms with van der Waals surface area (Å²) in [5, 5.41) is 3.90. The molecule has 1 aromatic heterocycles. The molecule has 1 amide bonds. The van der Waals surface area contributed by atoms with E-state index in [9.17, 15) is 4.79 Å². The third-order valence-electron chi connectivity index (χ3n) is 3.41. The van der Waals surface area contributed by atoms with Crippen LogP contribution in [-0.4, -0.2) is 42.4 Å². The van der Waals surface area contributed by atoms with Crippen molar-refractivity contribution in [3.63, 3.8) is 0 Å². The fraction of sp³-hybridized carbons (Fsp3) is 0.467. The molecule has 0 unspecified atom stereocenters. The lowest BCUT2D eigenvalue weighted by Gasteiger charge is -2.10. The summed E-state index contributed by atoms with van der Waals surface area (Å²) >= 11 is 0. The summed E-state index contributed by atoms with van der Waals surface area (Å²) in [7, 11) is 4.07. The molecule has 0 saturated carbocycles. The molecule has 0 radical (unpaired) electrons. The molecule has 1 aromatic rings. The van der Waals surface area contributed by atoms with Gasteiger partial charge in [-0.2, -0.15) is 0 Å². The number of rotatable bonds is 4. The van der Waals surface area contributed by atoms with Gasteiger partial charge in [0.05, 0.1) is 6.61 Å². The summed E-state index contributed by atoms with van der Waals surface area (Å²) in [6.45, 7) is 7.29. The number of hydrogen-bond donors (Lipinski definition) is 2. The Morgan fingerprint density at radius 1 is 1.33 bits per heavy atom. The maximum Gasteiger partial charge on any atom is 0.277 e. The minimum atomic E-state index is -0.237. The topological polar surface area (TPSA) is 69.7 Å². The number of hydrazone groups is 1. The number of nitrogens with zero attached hydrogens (tertiary/aromatic N) is 2. The number of aromatic nitrogens is 1. The number of ether oxygens (including phenoxy) is 1. The molecule has 0 spiro atoms. The van der Waals surface area contributed by atoms with Crippen molar-refractivity contribution in [2.45, 2.75) is 27.3 Å². The van der Waals surface area contributed by atoms with E-state index in [1.54, 1.807) is 6.08 Å². The minimum absolute atomic E-state index is 0.237. The molecule has 21 heavy (non-hydrogen) atoms. The van der Waals surface area contributed by atoms with Gasteiger partial charge in [-0.25, -0.2) is 5.43 Å². The summed E-state index contributed by atoms with van der Waals surface area (Å²) in [6, 6.07) is 0. The summed E-state index contributed by atoms with van der Waals surface area (Å²) < 4.78 is 5.38. The molecule has 114 valence electrons. The van der Waals surface area contributed by atoms with E-state index in [-0.39, 0.29) is 5.91 Å². The van der Waals surface area contributed by atoms with E-state index in [1.165, 1.54) is 5.56 Å². The number of H-pyrrole nitrogens is 1. The van der Waals surface area contributed by atoms with Gasteiger partial charge in [-0.3, -0.25) is 4.79 Å². The van der Waals surface area contributed by atoms with Crippen molar-refractivity contribution in [1.29, 1.82) is 0 Å². The predicted molar refractivity (Wildman–Crippen MR) is 82.8 cm³/mol. The first-order valence-electron chi connectivity index (χ1n) is 6.99. The minimum Gasteiger partial charge on any atom is -0.476 e. The smallest absolute Gasteiger partial charge is 0.277 e. The third kappa shape index (κ3) is 3.16. The zero-order valence-corrected chi connectivity index (χ0v) is 13.2. The second-order valence-electron chi connectivity index (χ2n) is 5.35. The predicted octanol–water partition coefficient (Wildman–Crippen LogP) is 1.56. The fourth-order valence-corrected chi connectivity index (χ4v) is 2.35. The Hall–Kier alpha value is -2.08. The van der Waals surface area contributed by atoms with Gasteiger partial charge in [-0.05, 0) is 52.1 Å².